The number of hydrogen-bond acceptors (Lipinski definition) is 6. The molecule has 1 amide bonds. The zero-order chi connectivity index (χ0) is 16.4. The van der Waals surface area contributed by atoms with Gasteiger partial charge in [-0.25, -0.2) is 9.67 Å². The Balaban J connectivity index is 1.76. The molecule has 2 aromatic rings. The number of aromatic nitrogens is 4. The van der Waals surface area contributed by atoms with Crippen molar-refractivity contribution in [3.63, 3.8) is 0 Å². The van der Waals surface area contributed by atoms with E-state index in [9.17, 15) is 4.79 Å². The molecule has 0 unspecified atom stereocenters. The van der Waals surface area contributed by atoms with Gasteiger partial charge >= 0.3 is 0 Å². The van der Waals surface area contributed by atoms with Crippen molar-refractivity contribution in [1.29, 1.82) is 0 Å². The number of rotatable bonds is 4. The van der Waals surface area contributed by atoms with E-state index in [0.29, 0.717) is 11.7 Å². The number of hydrogen-bond donors (Lipinski definition) is 2. The normalized spacial score (nSPS) is 16.5. The number of nitrogens with one attached hydrogen (secondary N) is 2. The standard InChI is InChI=1S/C15H22N6OS/c1-10-12(19-20-21(10)11-4-6-16-7-5-11)13(22)18-15(2,3)14-17-8-9-23-14/h8-9,11,16H,4-7H2,1-3H3,(H,18,22). The number of nitrogens with zero attached hydrogens (tertiary/aromatic N) is 4. The predicted octanol–water partition coefficient (Wildman–Crippen LogP) is 1.63. The summed E-state index contributed by atoms with van der Waals surface area (Å²) in [4.78, 5) is 16.9. The second-order valence-corrected chi connectivity index (χ2v) is 7.26. The fourth-order valence-corrected chi connectivity index (χ4v) is 3.60. The number of carbonyl (C=O) groups excluding carboxylic acids is 1. The van der Waals surface area contributed by atoms with Gasteiger partial charge in [-0.05, 0) is 46.7 Å². The highest BCUT2D eigenvalue weighted by Crippen LogP contribution is 2.24. The van der Waals surface area contributed by atoms with Gasteiger partial charge in [-0.3, -0.25) is 4.79 Å². The van der Waals surface area contributed by atoms with Gasteiger partial charge in [0.15, 0.2) is 5.69 Å². The third kappa shape index (κ3) is 3.28. The smallest absolute Gasteiger partial charge is 0.274 e. The average Bonchev–Trinajstić information content (AvgIpc) is 3.17. The molecule has 1 aliphatic rings. The summed E-state index contributed by atoms with van der Waals surface area (Å²) in [6, 6.07) is 0.317. The molecule has 2 aromatic heterocycles. The second kappa shape index (κ2) is 6.37. The Morgan fingerprint density at radius 1 is 1.43 bits per heavy atom. The molecule has 0 aliphatic carbocycles. The van der Waals surface area contributed by atoms with Gasteiger partial charge in [0, 0.05) is 11.6 Å². The van der Waals surface area contributed by atoms with Crippen LogP contribution in [0.1, 0.15) is 53.9 Å². The average molecular weight is 334 g/mol. The van der Waals surface area contributed by atoms with E-state index < -0.39 is 5.54 Å². The Bertz CT molecular complexity index is 672. The Morgan fingerprint density at radius 2 is 2.17 bits per heavy atom. The summed E-state index contributed by atoms with van der Waals surface area (Å²) >= 11 is 1.53. The number of thiazole rings is 1. The number of piperidine rings is 1. The zero-order valence-electron chi connectivity index (χ0n) is 13.7. The largest absolute Gasteiger partial charge is 0.339 e. The SMILES string of the molecule is Cc1c(C(=O)NC(C)(C)c2nccs2)nnn1C1CCNCC1. The van der Waals surface area contributed by atoms with Crippen LogP contribution in [0.5, 0.6) is 0 Å². The molecular weight excluding hydrogens is 312 g/mol. The summed E-state index contributed by atoms with van der Waals surface area (Å²) in [6.07, 6.45) is 3.76. The van der Waals surface area contributed by atoms with Crippen molar-refractivity contribution in [2.45, 2.75) is 45.2 Å². The van der Waals surface area contributed by atoms with Crippen molar-refractivity contribution < 1.29 is 4.79 Å². The van der Waals surface area contributed by atoms with Crippen LogP contribution < -0.4 is 10.6 Å². The van der Waals surface area contributed by atoms with E-state index >= 15 is 0 Å². The summed E-state index contributed by atoms with van der Waals surface area (Å²) in [7, 11) is 0. The van der Waals surface area contributed by atoms with Crippen LogP contribution in [0.4, 0.5) is 0 Å². The Morgan fingerprint density at radius 3 is 2.83 bits per heavy atom. The maximum Gasteiger partial charge on any atom is 0.274 e. The van der Waals surface area contributed by atoms with Crippen LogP contribution in [0.25, 0.3) is 0 Å². The quantitative estimate of drug-likeness (QED) is 0.888. The molecule has 3 rings (SSSR count). The van der Waals surface area contributed by atoms with Gasteiger partial charge in [-0.2, -0.15) is 0 Å². The van der Waals surface area contributed by atoms with Crippen LogP contribution in [0.3, 0.4) is 0 Å². The minimum atomic E-state index is -0.532. The fourth-order valence-electron chi connectivity index (χ4n) is 2.88. The molecule has 0 spiro atoms. The van der Waals surface area contributed by atoms with Crippen molar-refractivity contribution in [2.24, 2.45) is 0 Å². The summed E-state index contributed by atoms with van der Waals surface area (Å²) in [5.41, 5.74) is 0.688. The highest BCUT2D eigenvalue weighted by molar-refractivity contribution is 7.09. The van der Waals surface area contributed by atoms with E-state index in [-0.39, 0.29) is 5.91 Å². The first-order valence-corrected chi connectivity index (χ1v) is 8.72. The highest BCUT2D eigenvalue weighted by atomic mass is 32.1. The molecule has 124 valence electrons. The molecule has 0 saturated carbocycles. The summed E-state index contributed by atoms with van der Waals surface area (Å²) in [5, 5.41) is 17.5. The predicted molar refractivity (Wildman–Crippen MR) is 88.5 cm³/mol. The first kappa shape index (κ1) is 16.1. The minimum absolute atomic E-state index is 0.206. The Kier molecular flexibility index (Phi) is 4.45. The third-order valence-electron chi connectivity index (χ3n) is 4.19. The maximum atomic E-state index is 12.6. The topological polar surface area (TPSA) is 84.7 Å². The minimum Gasteiger partial charge on any atom is -0.339 e. The monoisotopic (exact) mass is 334 g/mol. The van der Waals surface area contributed by atoms with E-state index in [0.717, 1.165) is 36.6 Å². The molecule has 1 aliphatic heterocycles. The maximum absolute atomic E-state index is 12.6. The lowest BCUT2D eigenvalue weighted by molar-refractivity contribution is 0.0906. The van der Waals surface area contributed by atoms with Gasteiger partial charge in [0.25, 0.3) is 5.91 Å². The summed E-state index contributed by atoms with van der Waals surface area (Å²) in [6.45, 7) is 7.74. The molecular formula is C15H22N6OS. The fraction of sp³-hybridized carbons (Fsp3) is 0.600. The Labute approximate surface area is 139 Å². The van der Waals surface area contributed by atoms with Crippen LogP contribution in [0, 0.1) is 6.92 Å². The third-order valence-corrected chi connectivity index (χ3v) is 5.29. The van der Waals surface area contributed by atoms with E-state index in [1.54, 1.807) is 6.20 Å². The lowest BCUT2D eigenvalue weighted by Crippen LogP contribution is -2.41. The molecule has 8 heteroatoms. The van der Waals surface area contributed by atoms with Crippen molar-refractivity contribution in [3.8, 4) is 0 Å². The second-order valence-electron chi connectivity index (χ2n) is 6.37. The molecule has 3 heterocycles. The molecule has 0 bridgehead atoms. The summed E-state index contributed by atoms with van der Waals surface area (Å²) in [5.74, 6) is -0.206. The van der Waals surface area contributed by atoms with Crippen molar-refractivity contribution >= 4 is 17.2 Å². The first-order valence-electron chi connectivity index (χ1n) is 7.84. The molecule has 23 heavy (non-hydrogen) atoms. The van der Waals surface area contributed by atoms with E-state index in [2.05, 4.69) is 25.9 Å². The van der Waals surface area contributed by atoms with Crippen molar-refractivity contribution in [3.05, 3.63) is 28.0 Å². The molecule has 2 N–H and O–H groups in total. The number of amides is 1. The molecule has 0 radical (unpaired) electrons. The van der Waals surface area contributed by atoms with Gasteiger partial charge < -0.3 is 10.6 Å². The molecule has 1 saturated heterocycles. The Hall–Kier alpha value is -1.80. The van der Waals surface area contributed by atoms with Gasteiger partial charge in [-0.15, -0.1) is 16.4 Å². The highest BCUT2D eigenvalue weighted by Gasteiger charge is 2.29. The van der Waals surface area contributed by atoms with Gasteiger partial charge in [0.05, 0.1) is 17.3 Å². The van der Waals surface area contributed by atoms with Gasteiger partial charge in [0.2, 0.25) is 0 Å². The lowest BCUT2D eigenvalue weighted by Gasteiger charge is -2.24. The van der Waals surface area contributed by atoms with Crippen LogP contribution in [0.2, 0.25) is 0 Å². The molecule has 7 nitrogen and oxygen atoms in total. The lowest BCUT2D eigenvalue weighted by atomic mass is 10.1. The van der Waals surface area contributed by atoms with Crippen LogP contribution in [-0.2, 0) is 5.54 Å². The van der Waals surface area contributed by atoms with E-state index in [1.165, 1.54) is 11.3 Å². The van der Waals surface area contributed by atoms with Gasteiger partial charge in [0.1, 0.15) is 5.01 Å². The summed E-state index contributed by atoms with van der Waals surface area (Å²) < 4.78 is 1.89. The zero-order valence-corrected chi connectivity index (χ0v) is 14.5. The molecule has 0 atom stereocenters. The van der Waals surface area contributed by atoms with Crippen LogP contribution in [0.15, 0.2) is 11.6 Å². The molecule has 1 fully saturated rings. The first-order chi connectivity index (χ1) is 11.0. The van der Waals surface area contributed by atoms with Crippen LogP contribution in [-0.4, -0.2) is 39.0 Å². The number of carbonyl (C=O) groups is 1. The van der Waals surface area contributed by atoms with Crippen molar-refractivity contribution in [2.75, 3.05) is 13.1 Å². The van der Waals surface area contributed by atoms with E-state index in [4.69, 9.17) is 0 Å². The van der Waals surface area contributed by atoms with Crippen molar-refractivity contribution in [1.82, 2.24) is 30.6 Å². The van der Waals surface area contributed by atoms with Crippen LogP contribution >= 0.6 is 11.3 Å². The molecule has 0 aromatic carbocycles. The van der Waals surface area contributed by atoms with Gasteiger partial charge in [-0.1, -0.05) is 5.21 Å². The van der Waals surface area contributed by atoms with E-state index in [1.807, 2.05) is 30.8 Å².